The number of nitrogens with zero attached hydrogens (tertiary/aromatic N) is 2. The predicted octanol–water partition coefficient (Wildman–Crippen LogP) is 3.90. The van der Waals surface area contributed by atoms with Crippen molar-refractivity contribution in [2.75, 3.05) is 51.5 Å². The summed E-state index contributed by atoms with van der Waals surface area (Å²) in [7, 11) is 0. The van der Waals surface area contributed by atoms with E-state index in [1.807, 2.05) is 46.4 Å². The van der Waals surface area contributed by atoms with Crippen LogP contribution in [0.3, 0.4) is 0 Å². The van der Waals surface area contributed by atoms with Crippen molar-refractivity contribution in [2.45, 2.75) is 129 Å². The molecule has 9 nitrogen and oxygen atoms in total. The van der Waals surface area contributed by atoms with E-state index in [0.717, 1.165) is 63.9 Å². The summed E-state index contributed by atoms with van der Waals surface area (Å²) in [5.74, 6) is 1.83. The van der Waals surface area contributed by atoms with Crippen molar-refractivity contribution in [3.8, 4) is 0 Å². The van der Waals surface area contributed by atoms with Crippen molar-refractivity contribution < 1.29 is 64.6 Å². The van der Waals surface area contributed by atoms with E-state index >= 15 is 0 Å². The molecular formula is C32H60BrN2NaO7. The predicted molar refractivity (Wildman–Crippen MR) is 170 cm³/mol. The van der Waals surface area contributed by atoms with E-state index in [0.29, 0.717) is 13.2 Å². The number of ether oxygens (including phenoxy) is 4. The maximum Gasteiger partial charge on any atom is 1.00 e. The number of carbonyl (C=O) groups excluding carboxylic acids is 2. The minimum atomic E-state index is -0.459. The fourth-order valence-corrected chi connectivity index (χ4v) is 5.24. The van der Waals surface area contributed by atoms with E-state index in [1.165, 1.54) is 43.9 Å². The monoisotopic (exact) mass is 686 g/mol. The molecule has 2 aliphatic carbocycles. The summed E-state index contributed by atoms with van der Waals surface area (Å²) < 4.78 is 21.3. The van der Waals surface area contributed by atoms with Crippen LogP contribution in [0.25, 0.3) is 0 Å². The first-order valence-corrected chi connectivity index (χ1v) is 17.3. The van der Waals surface area contributed by atoms with Crippen LogP contribution in [0, 0.1) is 11.8 Å². The molecule has 5 rings (SSSR count). The topological polar surface area (TPSA) is 97.8 Å². The van der Waals surface area contributed by atoms with Crippen molar-refractivity contribution in [3.05, 3.63) is 0 Å². The van der Waals surface area contributed by atoms with Crippen LogP contribution >= 0.6 is 15.9 Å². The molecule has 0 spiro atoms. The molecule has 43 heavy (non-hydrogen) atoms. The third-order valence-corrected chi connectivity index (χ3v) is 8.24. The van der Waals surface area contributed by atoms with E-state index in [1.54, 1.807) is 4.90 Å². The molecule has 5 fully saturated rings. The molecule has 5 aliphatic rings. The summed E-state index contributed by atoms with van der Waals surface area (Å²) in [6.45, 7) is 16.3. The molecule has 2 amide bonds. The second kappa shape index (κ2) is 20.9. The first-order chi connectivity index (χ1) is 19.8. The number of aliphatic hydroxyl groups excluding tert-OH is 1. The van der Waals surface area contributed by atoms with Crippen LogP contribution in [0.15, 0.2) is 0 Å². The number of hydrogen-bond acceptors (Lipinski definition) is 7. The van der Waals surface area contributed by atoms with Gasteiger partial charge >= 0.3 is 41.7 Å². The van der Waals surface area contributed by atoms with E-state index in [4.69, 9.17) is 24.1 Å². The Hall–Kier alpha value is -0.100. The van der Waals surface area contributed by atoms with Crippen molar-refractivity contribution >= 4 is 28.1 Å². The number of aliphatic hydroxyl groups is 1. The number of likely N-dealkylation sites (tertiary alicyclic amines) is 2. The Balaban J connectivity index is 0.000000625. The van der Waals surface area contributed by atoms with E-state index in [2.05, 4.69) is 15.9 Å². The van der Waals surface area contributed by atoms with Crippen LogP contribution in [-0.4, -0.2) is 102 Å². The number of amides is 2. The maximum absolute atomic E-state index is 12.0. The minimum Gasteiger partial charge on any atom is -1.00 e. The molecule has 2 saturated carbocycles. The van der Waals surface area contributed by atoms with Crippen LogP contribution in [-0.2, 0) is 18.9 Å². The summed E-state index contributed by atoms with van der Waals surface area (Å²) in [6, 6.07) is 0.156. The van der Waals surface area contributed by atoms with Gasteiger partial charge in [-0.15, -0.1) is 0 Å². The number of hydrogen-bond donors (Lipinski definition) is 1. The van der Waals surface area contributed by atoms with Crippen LogP contribution in [0.5, 0.6) is 0 Å². The smallest absolute Gasteiger partial charge is 1.00 e. The molecule has 3 aliphatic heterocycles. The summed E-state index contributed by atoms with van der Waals surface area (Å²) in [6.07, 6.45) is 11.5. The van der Waals surface area contributed by atoms with Gasteiger partial charge in [0.05, 0.1) is 25.3 Å². The quantitative estimate of drug-likeness (QED) is 0.335. The standard InChI is InChI=1S/C14H25NO3.C10H19NO3.C4H7Br.C4H8O.Na.H/c1-14(2,3)18-13(16)15-8-4-5-12(15)10-17-9-11-6-7-11;1-10(2,3)14-9(13)11-6-4-5-8(11)7-12;5-3-4-1-2-4;1-2-4-5-3-1;;/h11-12H,4-10H2,1-3H3;8,12H,4-7H2,1-3H3;4H,1-3H2;1-4H2;;/q;;;;+1;-1/t12-;8-;;;;/m00..../s1. The molecule has 0 unspecified atom stereocenters. The molecule has 0 bridgehead atoms. The normalized spacial score (nSPS) is 23.1. The van der Waals surface area contributed by atoms with Gasteiger partial charge in [-0.25, -0.2) is 9.59 Å². The summed E-state index contributed by atoms with van der Waals surface area (Å²) in [5.41, 5.74) is -0.876. The Kier molecular flexibility index (Phi) is 19.9. The molecule has 0 aromatic heterocycles. The van der Waals surface area contributed by atoms with Crippen LogP contribution < -0.4 is 29.6 Å². The van der Waals surface area contributed by atoms with Gasteiger partial charge in [0.15, 0.2) is 0 Å². The average molecular weight is 688 g/mol. The number of halogens is 1. The average Bonchev–Trinajstić information content (AvgIpc) is 3.69. The molecule has 3 saturated heterocycles. The van der Waals surface area contributed by atoms with Crippen molar-refractivity contribution in [1.82, 2.24) is 9.80 Å². The Bertz CT molecular complexity index is 780. The third kappa shape index (κ3) is 19.2. The van der Waals surface area contributed by atoms with Crippen molar-refractivity contribution in [2.24, 2.45) is 11.8 Å². The molecule has 248 valence electrons. The summed E-state index contributed by atoms with van der Waals surface area (Å²) in [4.78, 5) is 27.1. The summed E-state index contributed by atoms with van der Waals surface area (Å²) in [5, 5.41) is 10.3. The molecule has 0 aromatic carbocycles. The molecule has 2 atom stereocenters. The molecular weight excluding hydrogens is 627 g/mol. The fraction of sp³-hybridized carbons (Fsp3) is 0.938. The summed E-state index contributed by atoms with van der Waals surface area (Å²) >= 11 is 3.38. The Morgan fingerprint density at radius 3 is 1.58 bits per heavy atom. The van der Waals surface area contributed by atoms with Gasteiger partial charge < -0.3 is 35.3 Å². The van der Waals surface area contributed by atoms with Crippen LogP contribution in [0.1, 0.15) is 107 Å². The molecule has 3 heterocycles. The number of carbonyl (C=O) groups is 2. The second-order valence-electron chi connectivity index (χ2n) is 14.0. The van der Waals surface area contributed by atoms with E-state index in [9.17, 15) is 9.59 Å². The Labute approximate surface area is 293 Å². The van der Waals surface area contributed by atoms with Crippen molar-refractivity contribution in [3.63, 3.8) is 0 Å². The fourth-order valence-electron chi connectivity index (χ4n) is 4.59. The van der Waals surface area contributed by atoms with Gasteiger partial charge in [-0.1, -0.05) is 15.9 Å². The SMILES string of the molecule is BrCC1CC1.C1CCOC1.CC(C)(C)OC(=O)N1CCC[C@H]1CO.CC(C)(C)OC(=O)N1CCC[C@H]1COCC1CC1.[H-].[Na+]. The van der Waals surface area contributed by atoms with Crippen LogP contribution in [0.4, 0.5) is 9.59 Å². The van der Waals surface area contributed by atoms with Gasteiger partial charge in [0.2, 0.25) is 0 Å². The van der Waals surface area contributed by atoms with Gasteiger partial charge in [-0.2, -0.15) is 0 Å². The first kappa shape index (κ1) is 40.9. The van der Waals surface area contributed by atoms with E-state index in [-0.39, 0.29) is 61.9 Å². The van der Waals surface area contributed by atoms with Crippen LogP contribution in [0.2, 0.25) is 0 Å². The largest absolute Gasteiger partial charge is 1.00 e. The van der Waals surface area contributed by atoms with E-state index < -0.39 is 11.2 Å². The Morgan fingerprint density at radius 1 is 0.767 bits per heavy atom. The van der Waals surface area contributed by atoms with Gasteiger partial charge in [-0.05, 0) is 118 Å². The second-order valence-corrected chi connectivity index (χ2v) is 14.7. The number of alkyl halides is 1. The van der Waals surface area contributed by atoms with Gasteiger partial charge in [-0.3, -0.25) is 0 Å². The first-order valence-electron chi connectivity index (χ1n) is 16.1. The van der Waals surface area contributed by atoms with Crippen molar-refractivity contribution in [1.29, 1.82) is 0 Å². The zero-order valence-corrected chi connectivity index (χ0v) is 31.8. The van der Waals surface area contributed by atoms with Gasteiger partial charge in [0, 0.05) is 38.2 Å². The molecule has 1 N–H and O–H groups in total. The zero-order chi connectivity index (χ0) is 31.2. The van der Waals surface area contributed by atoms with Gasteiger partial charge in [0.1, 0.15) is 11.2 Å². The third-order valence-electron chi connectivity index (χ3n) is 7.32. The minimum absolute atomic E-state index is 0. The molecule has 0 aromatic rings. The Morgan fingerprint density at radius 2 is 1.23 bits per heavy atom. The molecule has 11 heteroatoms. The van der Waals surface area contributed by atoms with Gasteiger partial charge in [0.25, 0.3) is 0 Å². The molecule has 0 radical (unpaired) electrons. The zero-order valence-electron chi connectivity index (χ0n) is 29.2. The number of rotatable bonds is 6. The maximum atomic E-state index is 12.0.